The van der Waals surface area contributed by atoms with E-state index >= 15 is 0 Å². The van der Waals surface area contributed by atoms with Crippen LogP contribution in [0.25, 0.3) is 0 Å². The van der Waals surface area contributed by atoms with Crippen LogP contribution in [0, 0.1) is 11.8 Å². The average Bonchev–Trinajstić information content (AvgIpc) is 2.75. The first-order valence-electron chi connectivity index (χ1n) is 9.77. The SMILES string of the molecule is O=C(Oc1ccc(CP)cc1)C1CCC(COOc2ccc(CP)cc2)CC1. The molecule has 28 heavy (non-hydrogen) atoms. The van der Waals surface area contributed by atoms with Crippen molar-refractivity contribution in [2.45, 2.75) is 38.0 Å². The van der Waals surface area contributed by atoms with Crippen LogP contribution in [0.15, 0.2) is 48.5 Å². The van der Waals surface area contributed by atoms with Crippen molar-refractivity contribution in [3.05, 3.63) is 59.7 Å². The van der Waals surface area contributed by atoms with E-state index < -0.39 is 0 Å². The second-order valence-corrected chi connectivity index (χ2v) is 8.02. The Balaban J connectivity index is 1.36. The molecule has 1 fully saturated rings. The van der Waals surface area contributed by atoms with Crippen LogP contribution in [0.5, 0.6) is 11.5 Å². The monoisotopic (exact) mass is 418 g/mol. The summed E-state index contributed by atoms with van der Waals surface area (Å²) in [5.41, 5.74) is 2.44. The van der Waals surface area contributed by atoms with E-state index in [9.17, 15) is 4.79 Å². The van der Waals surface area contributed by atoms with Crippen molar-refractivity contribution >= 4 is 24.4 Å². The zero-order chi connectivity index (χ0) is 19.8. The quantitative estimate of drug-likeness (QED) is 0.195. The maximum absolute atomic E-state index is 12.4. The standard InChI is InChI=1S/C22H28O4P2/c23-22(25-20-9-3-17(14-27)4-10-20)19-7-1-16(2-8-19)13-24-26-21-11-5-18(15-28)6-12-21/h3-6,9-12,16,19H,1-2,7-8,13-15,27-28H2. The molecular formula is C22H28O4P2. The Bertz CT molecular complexity index is 738. The highest BCUT2D eigenvalue weighted by Crippen LogP contribution is 2.30. The summed E-state index contributed by atoms with van der Waals surface area (Å²) in [7, 11) is 5.39. The lowest BCUT2D eigenvalue weighted by molar-refractivity contribution is -0.218. The van der Waals surface area contributed by atoms with E-state index in [1.807, 2.05) is 48.5 Å². The van der Waals surface area contributed by atoms with Crippen LogP contribution >= 0.6 is 18.5 Å². The van der Waals surface area contributed by atoms with Crippen molar-refractivity contribution in [2.24, 2.45) is 11.8 Å². The fraction of sp³-hybridized carbons (Fsp3) is 0.409. The zero-order valence-corrected chi connectivity index (χ0v) is 18.3. The minimum Gasteiger partial charge on any atom is -0.426 e. The van der Waals surface area contributed by atoms with Crippen LogP contribution < -0.4 is 9.62 Å². The normalized spacial score (nSPS) is 19.2. The lowest BCUT2D eigenvalue weighted by Crippen LogP contribution is -2.27. The molecule has 1 aliphatic rings. The summed E-state index contributed by atoms with van der Waals surface area (Å²) in [5.74, 6) is 1.60. The Labute approximate surface area is 171 Å². The van der Waals surface area contributed by atoms with Crippen molar-refractivity contribution < 1.29 is 19.3 Å². The predicted octanol–water partition coefficient (Wildman–Crippen LogP) is 5.16. The van der Waals surface area contributed by atoms with E-state index in [0.29, 0.717) is 24.0 Å². The molecule has 2 aromatic carbocycles. The summed E-state index contributed by atoms with van der Waals surface area (Å²) in [4.78, 5) is 23.2. The lowest BCUT2D eigenvalue weighted by atomic mass is 9.82. The number of esters is 1. The number of carbonyl (C=O) groups is 1. The number of carbonyl (C=O) groups excluding carboxylic acids is 1. The van der Waals surface area contributed by atoms with Crippen molar-refractivity contribution in [3.8, 4) is 11.5 Å². The first-order valence-corrected chi connectivity index (χ1v) is 11.4. The van der Waals surface area contributed by atoms with Gasteiger partial charge in [0.25, 0.3) is 0 Å². The Hall–Kier alpha value is -1.47. The van der Waals surface area contributed by atoms with Crippen LogP contribution in [0.1, 0.15) is 36.8 Å². The molecule has 0 radical (unpaired) electrons. The molecule has 2 unspecified atom stereocenters. The topological polar surface area (TPSA) is 44.8 Å². The number of hydrogen-bond acceptors (Lipinski definition) is 4. The molecule has 0 bridgehead atoms. The van der Waals surface area contributed by atoms with E-state index in [4.69, 9.17) is 14.5 Å². The van der Waals surface area contributed by atoms with Gasteiger partial charge in [0.15, 0.2) is 5.75 Å². The van der Waals surface area contributed by atoms with Gasteiger partial charge in [0.1, 0.15) is 5.75 Å². The molecule has 0 saturated heterocycles. The fourth-order valence-corrected chi connectivity index (χ4v) is 3.88. The molecule has 0 heterocycles. The highest BCUT2D eigenvalue weighted by Gasteiger charge is 2.28. The number of ether oxygens (including phenoxy) is 1. The maximum Gasteiger partial charge on any atom is 0.314 e. The first kappa shape index (κ1) is 21.2. The summed E-state index contributed by atoms with van der Waals surface area (Å²) in [6.07, 6.45) is 5.38. The lowest BCUT2D eigenvalue weighted by Gasteiger charge is -2.26. The van der Waals surface area contributed by atoms with Crippen molar-refractivity contribution in [2.75, 3.05) is 6.61 Å². The highest BCUT2D eigenvalue weighted by atomic mass is 31.0. The molecular weight excluding hydrogens is 390 g/mol. The van der Waals surface area contributed by atoms with Gasteiger partial charge in [0.2, 0.25) is 0 Å². The van der Waals surface area contributed by atoms with Crippen molar-refractivity contribution in [1.29, 1.82) is 0 Å². The second-order valence-electron chi connectivity index (χ2n) is 7.20. The molecule has 3 rings (SSSR count). The summed E-state index contributed by atoms with van der Waals surface area (Å²) < 4.78 is 5.54. The van der Waals surface area contributed by atoms with Gasteiger partial charge in [0, 0.05) is 0 Å². The minimum atomic E-state index is -0.122. The minimum absolute atomic E-state index is 0.0296. The molecule has 1 saturated carbocycles. The molecule has 0 amide bonds. The van der Waals surface area contributed by atoms with E-state index in [2.05, 4.69) is 18.5 Å². The van der Waals surface area contributed by atoms with Crippen LogP contribution in [-0.2, 0) is 22.0 Å². The number of rotatable bonds is 8. The van der Waals surface area contributed by atoms with Crippen molar-refractivity contribution in [1.82, 2.24) is 0 Å². The summed E-state index contributed by atoms with van der Waals surface area (Å²) >= 11 is 0. The second kappa shape index (κ2) is 10.9. The first-order chi connectivity index (χ1) is 13.7. The highest BCUT2D eigenvalue weighted by molar-refractivity contribution is 7.15. The van der Waals surface area contributed by atoms with Crippen molar-refractivity contribution in [3.63, 3.8) is 0 Å². The summed E-state index contributed by atoms with van der Waals surface area (Å²) in [6.45, 7) is 0.545. The molecule has 1 aliphatic carbocycles. The van der Waals surface area contributed by atoms with Gasteiger partial charge >= 0.3 is 5.97 Å². The maximum atomic E-state index is 12.4. The van der Waals surface area contributed by atoms with Crippen LogP contribution in [-0.4, -0.2) is 12.6 Å². The van der Waals surface area contributed by atoms with Gasteiger partial charge in [-0.25, -0.2) is 0 Å². The van der Waals surface area contributed by atoms with E-state index in [-0.39, 0.29) is 11.9 Å². The number of hydrogen-bond donors (Lipinski definition) is 0. The predicted molar refractivity (Wildman–Crippen MR) is 117 cm³/mol. The van der Waals surface area contributed by atoms with Crippen LogP contribution in [0.2, 0.25) is 0 Å². The molecule has 2 atom stereocenters. The Kier molecular flexibility index (Phi) is 8.27. The largest absolute Gasteiger partial charge is 0.426 e. The van der Waals surface area contributed by atoms with Crippen LogP contribution in [0.4, 0.5) is 0 Å². The Morgan fingerprint density at radius 3 is 1.89 bits per heavy atom. The van der Waals surface area contributed by atoms with E-state index in [1.165, 1.54) is 11.1 Å². The molecule has 0 aromatic heterocycles. The Morgan fingerprint density at radius 2 is 1.36 bits per heavy atom. The summed E-state index contributed by atoms with van der Waals surface area (Å²) in [6, 6.07) is 15.6. The third-order valence-electron chi connectivity index (χ3n) is 5.18. The molecule has 0 spiro atoms. The van der Waals surface area contributed by atoms with Gasteiger partial charge in [-0.15, -0.1) is 18.5 Å². The van der Waals surface area contributed by atoms with E-state index in [1.54, 1.807) is 0 Å². The van der Waals surface area contributed by atoms with Gasteiger partial charge in [-0.1, -0.05) is 24.3 Å². The van der Waals surface area contributed by atoms with Gasteiger partial charge in [0.05, 0.1) is 12.5 Å². The smallest absolute Gasteiger partial charge is 0.314 e. The molecule has 0 N–H and O–H groups in total. The zero-order valence-electron chi connectivity index (χ0n) is 16.0. The van der Waals surface area contributed by atoms with Gasteiger partial charge in [-0.05, 0) is 79.3 Å². The van der Waals surface area contributed by atoms with Crippen LogP contribution in [0.3, 0.4) is 0 Å². The molecule has 2 aromatic rings. The van der Waals surface area contributed by atoms with Gasteiger partial charge < -0.3 is 9.62 Å². The molecule has 4 nitrogen and oxygen atoms in total. The average molecular weight is 418 g/mol. The number of benzene rings is 2. The van der Waals surface area contributed by atoms with Gasteiger partial charge in [-0.2, -0.15) is 4.89 Å². The van der Waals surface area contributed by atoms with E-state index in [0.717, 1.165) is 38.0 Å². The third-order valence-corrected chi connectivity index (χ3v) is 6.12. The molecule has 6 heteroatoms. The Morgan fingerprint density at radius 1 is 0.821 bits per heavy atom. The van der Waals surface area contributed by atoms with Gasteiger partial charge in [-0.3, -0.25) is 4.79 Å². The third kappa shape index (κ3) is 6.27. The molecule has 0 aliphatic heterocycles. The summed E-state index contributed by atoms with van der Waals surface area (Å²) in [5, 5.41) is 0. The molecule has 150 valence electrons. The fourth-order valence-electron chi connectivity index (χ4n) is 3.34.